The lowest BCUT2D eigenvalue weighted by Crippen LogP contribution is -2.41. The van der Waals surface area contributed by atoms with Gasteiger partial charge in [-0.05, 0) is 50.7 Å². The number of thiazole rings is 1. The SMILES string of the molecule is C=CNC1=C(C)C(c2cc3c(Cl)cccn3n2)N(C(=O)c2sc(C(C)(C)O)nc2C(F)F)CC1. The fraction of sp³-hybridized carbons (Fsp3) is 0.348. The molecule has 1 aliphatic heterocycles. The first-order chi connectivity index (χ1) is 16.0. The molecular weight excluding hydrogens is 484 g/mol. The van der Waals surface area contributed by atoms with Gasteiger partial charge < -0.3 is 15.3 Å². The van der Waals surface area contributed by atoms with Crippen molar-refractivity contribution >= 4 is 34.4 Å². The van der Waals surface area contributed by atoms with Crippen LogP contribution in [-0.4, -0.2) is 37.1 Å². The van der Waals surface area contributed by atoms with Crippen LogP contribution in [0.4, 0.5) is 8.78 Å². The largest absolute Gasteiger partial charge is 0.383 e. The summed E-state index contributed by atoms with van der Waals surface area (Å²) in [5.74, 6) is -0.589. The Labute approximate surface area is 204 Å². The van der Waals surface area contributed by atoms with Crippen molar-refractivity contribution < 1.29 is 18.7 Å². The number of aromatic nitrogens is 3. The van der Waals surface area contributed by atoms with Crippen LogP contribution >= 0.6 is 22.9 Å². The normalized spacial score (nSPS) is 17.1. The van der Waals surface area contributed by atoms with E-state index < -0.39 is 29.7 Å². The highest BCUT2D eigenvalue weighted by molar-refractivity contribution is 7.14. The van der Waals surface area contributed by atoms with Crippen LogP contribution in [0.15, 0.2) is 48.4 Å². The highest BCUT2D eigenvalue weighted by Crippen LogP contribution is 2.39. The number of rotatable bonds is 6. The molecule has 7 nitrogen and oxygen atoms in total. The molecule has 180 valence electrons. The number of aliphatic hydroxyl groups is 1. The van der Waals surface area contributed by atoms with Crippen molar-refractivity contribution in [2.45, 2.75) is 45.3 Å². The zero-order valence-corrected chi connectivity index (χ0v) is 20.4. The summed E-state index contributed by atoms with van der Waals surface area (Å²) in [5, 5.41) is 18.6. The van der Waals surface area contributed by atoms with E-state index in [1.807, 2.05) is 6.92 Å². The van der Waals surface area contributed by atoms with Gasteiger partial charge in [-0.25, -0.2) is 18.3 Å². The molecule has 1 atom stereocenters. The van der Waals surface area contributed by atoms with Crippen LogP contribution in [0.3, 0.4) is 0 Å². The maximum absolute atomic E-state index is 13.8. The molecule has 3 aromatic rings. The molecule has 0 spiro atoms. The monoisotopic (exact) mass is 507 g/mol. The summed E-state index contributed by atoms with van der Waals surface area (Å²) < 4.78 is 29.3. The molecule has 1 aliphatic rings. The Morgan fingerprint density at radius 2 is 2.21 bits per heavy atom. The number of hydrogen-bond acceptors (Lipinski definition) is 6. The first kappa shape index (κ1) is 24.3. The van der Waals surface area contributed by atoms with Crippen molar-refractivity contribution in [3.05, 3.63) is 74.7 Å². The van der Waals surface area contributed by atoms with E-state index in [1.165, 1.54) is 18.7 Å². The van der Waals surface area contributed by atoms with E-state index in [1.54, 1.807) is 35.1 Å². The Hall–Kier alpha value is -2.82. The maximum atomic E-state index is 13.8. The number of halogens is 3. The summed E-state index contributed by atoms with van der Waals surface area (Å²) in [7, 11) is 0. The maximum Gasteiger partial charge on any atom is 0.282 e. The lowest BCUT2D eigenvalue weighted by Gasteiger charge is -2.37. The van der Waals surface area contributed by atoms with Gasteiger partial charge >= 0.3 is 0 Å². The Balaban J connectivity index is 1.84. The Morgan fingerprint density at radius 3 is 2.82 bits per heavy atom. The quantitative estimate of drug-likeness (QED) is 0.479. The van der Waals surface area contributed by atoms with E-state index in [-0.39, 0.29) is 16.4 Å². The number of nitrogens with zero attached hydrogens (tertiary/aromatic N) is 4. The molecule has 0 bridgehead atoms. The number of alkyl halides is 2. The summed E-state index contributed by atoms with van der Waals surface area (Å²) in [5.41, 5.74) is 0.822. The number of carbonyl (C=O) groups excluding carboxylic acids is 1. The predicted molar refractivity (Wildman–Crippen MR) is 127 cm³/mol. The molecule has 3 aromatic heterocycles. The van der Waals surface area contributed by atoms with Crippen LogP contribution in [0.2, 0.25) is 5.02 Å². The highest BCUT2D eigenvalue weighted by atomic mass is 35.5. The average Bonchev–Trinajstić information content (AvgIpc) is 3.40. The minimum absolute atomic E-state index is 0.0560. The Kier molecular flexibility index (Phi) is 6.50. The molecule has 2 N–H and O–H groups in total. The summed E-state index contributed by atoms with van der Waals surface area (Å²) in [4.78, 5) is 18.9. The third-order valence-electron chi connectivity index (χ3n) is 5.66. The summed E-state index contributed by atoms with van der Waals surface area (Å²) in [6, 6.07) is 4.66. The standard InChI is InChI=1S/C23H24ClF2N5O2S/c1-5-27-14-8-10-30(21(32)19-17(20(25)26)28-22(34-19)23(3,4)33)18(12(14)2)15-11-16-13(24)7-6-9-31(16)29-15/h5-7,9,11,18,20,27,33H,1,8,10H2,2-4H3. The van der Waals surface area contributed by atoms with Crippen LogP contribution in [0.1, 0.15) is 65.7 Å². The van der Waals surface area contributed by atoms with E-state index in [0.29, 0.717) is 22.7 Å². The minimum atomic E-state index is -2.96. The van der Waals surface area contributed by atoms with E-state index in [2.05, 4.69) is 22.0 Å². The van der Waals surface area contributed by atoms with Crippen LogP contribution in [-0.2, 0) is 5.60 Å². The molecule has 4 rings (SSSR count). The van der Waals surface area contributed by atoms with Crippen LogP contribution in [0.25, 0.3) is 5.52 Å². The number of hydrogen-bond donors (Lipinski definition) is 2. The van der Waals surface area contributed by atoms with Gasteiger partial charge in [0.1, 0.15) is 21.2 Å². The van der Waals surface area contributed by atoms with Gasteiger partial charge in [0.15, 0.2) is 0 Å². The molecular formula is C23H24ClF2N5O2S. The van der Waals surface area contributed by atoms with Crippen molar-refractivity contribution in [2.24, 2.45) is 0 Å². The molecule has 1 unspecified atom stereocenters. The van der Waals surface area contributed by atoms with Gasteiger partial charge in [-0.3, -0.25) is 4.79 Å². The summed E-state index contributed by atoms with van der Waals surface area (Å²) >= 11 is 7.11. The third-order valence-corrected chi connectivity index (χ3v) is 7.36. The molecule has 0 radical (unpaired) electrons. The van der Waals surface area contributed by atoms with Crippen molar-refractivity contribution in [3.8, 4) is 0 Å². The fourth-order valence-corrected chi connectivity index (χ4v) is 5.27. The number of amides is 1. The molecule has 0 saturated carbocycles. The number of carbonyl (C=O) groups is 1. The third kappa shape index (κ3) is 4.33. The van der Waals surface area contributed by atoms with Crippen molar-refractivity contribution in [1.82, 2.24) is 24.8 Å². The van der Waals surface area contributed by atoms with E-state index in [4.69, 9.17) is 11.6 Å². The zero-order chi connectivity index (χ0) is 24.8. The lowest BCUT2D eigenvalue weighted by molar-refractivity contribution is 0.0676. The van der Waals surface area contributed by atoms with E-state index in [9.17, 15) is 18.7 Å². The zero-order valence-electron chi connectivity index (χ0n) is 18.8. The average molecular weight is 508 g/mol. The van der Waals surface area contributed by atoms with Crippen LogP contribution in [0, 0.1) is 0 Å². The van der Waals surface area contributed by atoms with Gasteiger partial charge in [-0.2, -0.15) is 5.10 Å². The smallest absolute Gasteiger partial charge is 0.282 e. The molecule has 0 saturated heterocycles. The second-order valence-corrected chi connectivity index (χ2v) is 9.92. The first-order valence-electron chi connectivity index (χ1n) is 10.6. The summed E-state index contributed by atoms with van der Waals surface area (Å²) in [6.45, 7) is 8.73. The molecule has 0 aliphatic carbocycles. The van der Waals surface area contributed by atoms with E-state index >= 15 is 0 Å². The molecule has 0 fully saturated rings. The van der Waals surface area contributed by atoms with Crippen molar-refractivity contribution in [3.63, 3.8) is 0 Å². The fourth-order valence-electron chi connectivity index (χ4n) is 4.03. The van der Waals surface area contributed by atoms with Gasteiger partial charge in [0.25, 0.3) is 12.3 Å². The Morgan fingerprint density at radius 1 is 1.47 bits per heavy atom. The van der Waals surface area contributed by atoms with Gasteiger partial charge in [0.2, 0.25) is 0 Å². The molecule has 11 heteroatoms. The van der Waals surface area contributed by atoms with Crippen LogP contribution < -0.4 is 5.32 Å². The Bertz CT molecular complexity index is 1290. The molecule has 34 heavy (non-hydrogen) atoms. The molecule has 1 amide bonds. The van der Waals surface area contributed by atoms with Gasteiger partial charge in [0, 0.05) is 24.9 Å². The number of nitrogens with one attached hydrogen (secondary N) is 1. The van der Waals surface area contributed by atoms with E-state index in [0.717, 1.165) is 22.6 Å². The second kappa shape index (κ2) is 9.09. The van der Waals surface area contributed by atoms with Gasteiger partial charge in [0.05, 0.1) is 22.3 Å². The van der Waals surface area contributed by atoms with Crippen molar-refractivity contribution in [1.29, 1.82) is 0 Å². The number of fused-ring (bicyclic) bond motifs is 1. The molecule has 4 heterocycles. The van der Waals surface area contributed by atoms with Gasteiger partial charge in [-0.1, -0.05) is 18.2 Å². The van der Waals surface area contributed by atoms with Crippen LogP contribution in [0.5, 0.6) is 0 Å². The minimum Gasteiger partial charge on any atom is -0.383 e. The highest BCUT2D eigenvalue weighted by Gasteiger charge is 2.38. The summed E-state index contributed by atoms with van der Waals surface area (Å²) in [6.07, 6.45) is 0.824. The van der Waals surface area contributed by atoms with Gasteiger partial charge in [-0.15, -0.1) is 11.3 Å². The predicted octanol–water partition coefficient (Wildman–Crippen LogP) is 5.20. The first-order valence-corrected chi connectivity index (χ1v) is 11.8. The van der Waals surface area contributed by atoms with Crippen molar-refractivity contribution in [2.75, 3.05) is 6.54 Å². The molecule has 0 aromatic carbocycles. The topological polar surface area (TPSA) is 82.8 Å². The lowest BCUT2D eigenvalue weighted by atomic mass is 9.95. The number of pyridine rings is 1. The second-order valence-electron chi connectivity index (χ2n) is 8.51.